The van der Waals surface area contributed by atoms with Crippen LogP contribution in [0, 0.1) is 17.7 Å². The summed E-state index contributed by atoms with van der Waals surface area (Å²) in [6.07, 6.45) is 7.56. The number of anilines is 1. The fourth-order valence-corrected chi connectivity index (χ4v) is 9.63. The topological polar surface area (TPSA) is 87.9 Å². The summed E-state index contributed by atoms with van der Waals surface area (Å²) in [5.74, 6) is 0.587. The first-order valence-corrected chi connectivity index (χ1v) is 14.3. The molecule has 2 saturated heterocycles. The lowest BCUT2D eigenvalue weighted by Gasteiger charge is -2.49. The summed E-state index contributed by atoms with van der Waals surface area (Å²) < 4.78 is 16.5. The quantitative estimate of drug-likeness (QED) is 0.218. The first kappa shape index (κ1) is 24.0. The summed E-state index contributed by atoms with van der Waals surface area (Å²) in [6.45, 7) is 4.25. The van der Waals surface area contributed by atoms with E-state index in [1.807, 2.05) is 19.2 Å². The van der Waals surface area contributed by atoms with Crippen molar-refractivity contribution < 1.29 is 9.50 Å². The van der Waals surface area contributed by atoms with Crippen molar-refractivity contribution in [3.63, 3.8) is 0 Å². The number of nitrogens with one attached hydrogen (secondary N) is 1. The maximum Gasteiger partial charge on any atom is 0.135 e. The van der Waals surface area contributed by atoms with Gasteiger partial charge in [-0.1, -0.05) is 18.5 Å². The molecule has 2 aliphatic heterocycles. The second kappa shape index (κ2) is 9.05. The summed E-state index contributed by atoms with van der Waals surface area (Å²) >= 11 is 9.78. The van der Waals surface area contributed by atoms with Crippen molar-refractivity contribution in [3.8, 4) is 0 Å². The highest BCUT2D eigenvalue weighted by Crippen LogP contribution is 2.55. The number of rotatable bonds is 4. The average Bonchev–Trinajstić information content (AvgIpc) is 3.12. The zero-order valence-electron chi connectivity index (χ0n) is 19.0. The van der Waals surface area contributed by atoms with E-state index >= 15 is 0 Å². The molecule has 10 heteroatoms. The van der Waals surface area contributed by atoms with Crippen LogP contribution >= 0.6 is 35.5 Å². The number of nitrogens with zero attached hydrogens (tertiary/aromatic N) is 3. The average molecular weight is 567 g/mol. The third-order valence-corrected chi connectivity index (χ3v) is 10.7. The highest BCUT2D eigenvalue weighted by molar-refractivity contribution is 9.10. The van der Waals surface area contributed by atoms with E-state index in [0.29, 0.717) is 22.4 Å². The molecule has 0 aliphatic carbocycles. The third-order valence-electron chi connectivity index (χ3n) is 6.77. The van der Waals surface area contributed by atoms with Crippen molar-refractivity contribution >= 4 is 58.2 Å². The van der Waals surface area contributed by atoms with E-state index in [-0.39, 0.29) is 25.5 Å². The van der Waals surface area contributed by atoms with Gasteiger partial charge in [0.25, 0.3) is 0 Å². The van der Waals surface area contributed by atoms with E-state index in [1.165, 1.54) is 18.2 Å². The molecule has 2 aliphatic rings. The van der Waals surface area contributed by atoms with Crippen LogP contribution < -0.4 is 11.1 Å². The summed E-state index contributed by atoms with van der Waals surface area (Å²) in [5, 5.41) is 19.5. The van der Waals surface area contributed by atoms with Gasteiger partial charge in [0.15, 0.2) is 0 Å². The Kier molecular flexibility index (Phi) is 6.38. The molecule has 2 aromatic heterocycles. The zero-order chi connectivity index (χ0) is 24.2. The van der Waals surface area contributed by atoms with Crippen LogP contribution in [-0.2, 0) is 0 Å². The van der Waals surface area contributed by atoms with Crippen LogP contribution in [0.2, 0.25) is 5.02 Å². The fraction of sp³-hybridized carbons (Fsp3) is 0.417. The Balaban J connectivity index is 1.58. The largest absolute Gasteiger partial charge is 0.390 e. The predicted octanol–water partition coefficient (Wildman–Crippen LogP) is 5.61. The molecule has 2 bridgehead atoms. The van der Waals surface area contributed by atoms with Gasteiger partial charge in [-0.05, 0) is 77.8 Å². The lowest BCUT2D eigenvalue weighted by Crippen LogP contribution is -2.50. The highest BCUT2D eigenvalue weighted by Gasteiger charge is 2.45. The lowest BCUT2D eigenvalue weighted by molar-refractivity contribution is 0.0455. The molecule has 4 heterocycles. The molecule has 0 radical (unpaired) electrons. The van der Waals surface area contributed by atoms with Crippen LogP contribution in [0.4, 0.5) is 15.8 Å². The van der Waals surface area contributed by atoms with E-state index in [9.17, 15) is 9.50 Å². The number of hydrogen-bond donors (Lipinski definition) is 3. The summed E-state index contributed by atoms with van der Waals surface area (Å²) in [5.41, 5.74) is 8.42. The fourth-order valence-electron chi connectivity index (χ4n) is 5.50. The molecule has 5 atom stereocenters. The van der Waals surface area contributed by atoms with Gasteiger partial charge in [0, 0.05) is 22.8 Å². The van der Waals surface area contributed by atoms with Crippen molar-refractivity contribution in [3.05, 3.63) is 57.5 Å². The van der Waals surface area contributed by atoms with Crippen molar-refractivity contribution in [2.45, 2.75) is 31.9 Å². The Morgan fingerprint density at radius 2 is 2.21 bits per heavy atom. The maximum absolute atomic E-state index is 13.8. The van der Waals surface area contributed by atoms with Crippen LogP contribution in [0.1, 0.15) is 25.8 Å². The molecule has 3 aromatic rings. The predicted molar refractivity (Wildman–Crippen MR) is 142 cm³/mol. The maximum atomic E-state index is 13.8. The molecule has 180 valence electrons. The Bertz CT molecular complexity index is 1280. The van der Waals surface area contributed by atoms with Crippen molar-refractivity contribution in [1.82, 2.24) is 9.61 Å². The lowest BCUT2D eigenvalue weighted by atomic mass is 9.82. The van der Waals surface area contributed by atoms with Gasteiger partial charge in [0.2, 0.25) is 0 Å². The minimum Gasteiger partial charge on any atom is -0.390 e. The third kappa shape index (κ3) is 4.70. The molecule has 0 spiro atoms. The van der Waals surface area contributed by atoms with Crippen LogP contribution in [0.3, 0.4) is 0 Å². The number of aliphatic hydroxyl groups is 1. The van der Waals surface area contributed by atoms with Crippen LogP contribution in [0.5, 0.6) is 0 Å². The zero-order valence-corrected chi connectivity index (χ0v) is 22.2. The van der Waals surface area contributed by atoms with E-state index in [2.05, 4.69) is 38.3 Å². The molecule has 5 unspecified atom stereocenters. The number of benzene rings is 1. The number of fused-ring (bicyclic) bond motifs is 3. The molecule has 0 saturated carbocycles. The number of amidine groups is 1. The van der Waals surface area contributed by atoms with Crippen LogP contribution in [0.25, 0.3) is 5.52 Å². The second-order valence-electron chi connectivity index (χ2n) is 9.82. The van der Waals surface area contributed by atoms with Crippen molar-refractivity contribution in [1.29, 1.82) is 0 Å². The summed E-state index contributed by atoms with van der Waals surface area (Å²) in [7, 11) is -0.155. The Hall–Kier alpha value is -1.73. The molecule has 0 amide bonds. The van der Waals surface area contributed by atoms with Crippen molar-refractivity contribution in [2.24, 2.45) is 22.6 Å². The first-order chi connectivity index (χ1) is 16.1. The van der Waals surface area contributed by atoms with Gasteiger partial charge in [0.05, 0.1) is 39.3 Å². The van der Waals surface area contributed by atoms with E-state index in [1.54, 1.807) is 10.7 Å². The SMILES string of the molecule is CC1CP2CC(CC(C)(O)C2)C1Nc1c(C(N)=Nc2cc(F)ccc2Cl)cnn2cc(Br)cc12. The number of aromatic nitrogens is 2. The molecule has 6 nitrogen and oxygen atoms in total. The standard InChI is InChI=1S/C24H27BrClFN5OP/c1-13-10-34-11-14(7-24(2,33)12-34)21(13)31-22-17(8-29-32-9-15(25)5-20(22)32)23(28)30-19-6-16(27)3-4-18(19)26/h3-6,8-9,13-14,21,31,33H,7,10-12H2,1-2H3,(H2,28,30). The van der Waals surface area contributed by atoms with Gasteiger partial charge in [-0.3, -0.25) is 0 Å². The number of halogens is 3. The van der Waals surface area contributed by atoms with E-state index < -0.39 is 11.4 Å². The number of nitrogens with two attached hydrogens (primary N) is 1. The first-order valence-electron chi connectivity index (χ1n) is 11.3. The van der Waals surface area contributed by atoms with Gasteiger partial charge in [-0.2, -0.15) is 5.10 Å². The minimum absolute atomic E-state index is 0.155. The van der Waals surface area contributed by atoms with Gasteiger partial charge >= 0.3 is 0 Å². The Morgan fingerprint density at radius 3 is 3.00 bits per heavy atom. The number of hydrogen-bond acceptors (Lipinski definition) is 4. The Labute approximate surface area is 212 Å². The smallest absolute Gasteiger partial charge is 0.135 e. The molecule has 2 fully saturated rings. The van der Waals surface area contributed by atoms with Crippen LogP contribution in [0.15, 0.2) is 46.1 Å². The summed E-state index contributed by atoms with van der Waals surface area (Å²) in [4.78, 5) is 4.45. The van der Waals surface area contributed by atoms with Gasteiger partial charge < -0.3 is 16.2 Å². The van der Waals surface area contributed by atoms with Crippen LogP contribution in [-0.4, -0.2) is 50.7 Å². The number of aliphatic imine (C=N–C) groups is 1. The van der Waals surface area contributed by atoms with E-state index in [0.717, 1.165) is 40.6 Å². The molecular weight excluding hydrogens is 540 g/mol. The Morgan fingerprint density at radius 1 is 1.41 bits per heavy atom. The van der Waals surface area contributed by atoms with E-state index in [4.69, 9.17) is 17.3 Å². The van der Waals surface area contributed by atoms with Crippen molar-refractivity contribution in [2.75, 3.05) is 23.8 Å². The normalized spacial score (nSPS) is 29.4. The molecule has 34 heavy (non-hydrogen) atoms. The second-order valence-corrected chi connectivity index (χ2v) is 13.5. The molecule has 4 N–H and O–H groups in total. The van der Waals surface area contributed by atoms with Gasteiger partial charge in [-0.25, -0.2) is 13.9 Å². The highest BCUT2D eigenvalue weighted by atomic mass is 79.9. The summed E-state index contributed by atoms with van der Waals surface area (Å²) in [6, 6.07) is 6.17. The monoisotopic (exact) mass is 565 g/mol. The molecule has 5 rings (SSSR count). The molecule has 1 aromatic carbocycles. The van der Waals surface area contributed by atoms with Gasteiger partial charge in [0.1, 0.15) is 11.7 Å². The minimum atomic E-state index is -0.613. The van der Waals surface area contributed by atoms with Gasteiger partial charge in [-0.15, -0.1) is 7.92 Å². The molecular formula is C24H27BrClFN5OP.